The first-order chi connectivity index (χ1) is 14.5. The van der Waals surface area contributed by atoms with Crippen molar-refractivity contribution in [3.8, 4) is 22.3 Å². The Kier molecular flexibility index (Phi) is 9.41. The number of hydrogen-bond donors (Lipinski definition) is 0. The molecule has 2 nitrogen and oxygen atoms in total. The molecule has 0 bridgehead atoms. The maximum absolute atomic E-state index is 9.75. The van der Waals surface area contributed by atoms with E-state index in [0.29, 0.717) is 0 Å². The molecule has 0 aliphatic carbocycles. The molecule has 3 rings (SSSR count). The van der Waals surface area contributed by atoms with Crippen LogP contribution in [0.25, 0.3) is 22.3 Å². The normalized spacial score (nSPS) is 11.1. The van der Waals surface area contributed by atoms with E-state index in [4.69, 9.17) is 8.83 Å². The minimum atomic E-state index is -6.00. The topological polar surface area (TPSA) is 22.6 Å². The largest absolute Gasteiger partial charge is 0.673 e. The molecule has 0 saturated heterocycles. The lowest BCUT2D eigenvalue weighted by molar-refractivity contribution is 0.366. The Morgan fingerprint density at radius 2 is 0.719 bits per heavy atom. The number of benzene rings is 1. The molecule has 0 unspecified atom stereocenters. The van der Waals surface area contributed by atoms with Gasteiger partial charge in [-0.1, -0.05) is 18.2 Å². The summed E-state index contributed by atoms with van der Waals surface area (Å²) in [6, 6.07) is 16.9. The van der Waals surface area contributed by atoms with Crippen molar-refractivity contribution in [2.75, 3.05) is 0 Å². The van der Waals surface area contributed by atoms with Crippen molar-refractivity contribution >= 4 is 14.5 Å². The molecule has 2 heterocycles. The summed E-state index contributed by atoms with van der Waals surface area (Å²) in [6.45, 7) is 7.91. The number of halogens is 8. The lowest BCUT2D eigenvalue weighted by Crippen LogP contribution is -2.02. The monoisotopic (exact) mass is 466 g/mol. The standard InChI is InChI=1S/C20H20O2.2BF4/c1-13-8-19(9-14(2)21-13)17-6-5-7-18(12-17)20-10-15(3)22-16(4)11-20;2*2-1(3,4)5/h5-12H,1-4H3;;/q+2;2*-1. The van der Waals surface area contributed by atoms with E-state index in [9.17, 15) is 34.5 Å². The molecule has 0 atom stereocenters. The second-order valence-corrected chi connectivity index (χ2v) is 6.71. The fourth-order valence-electron chi connectivity index (χ4n) is 2.80. The van der Waals surface area contributed by atoms with Gasteiger partial charge in [0, 0.05) is 24.3 Å². The molecule has 12 heteroatoms. The van der Waals surface area contributed by atoms with Gasteiger partial charge in [-0.2, -0.15) is 0 Å². The first-order valence-corrected chi connectivity index (χ1v) is 9.19. The van der Waals surface area contributed by atoms with Crippen molar-refractivity contribution in [3.63, 3.8) is 0 Å². The van der Waals surface area contributed by atoms with Crippen molar-refractivity contribution in [3.05, 3.63) is 71.6 Å². The molecular formula is C20H20B2F8O2. The second kappa shape index (κ2) is 11.1. The van der Waals surface area contributed by atoms with E-state index in [0.717, 1.165) is 23.0 Å². The number of rotatable bonds is 2. The zero-order valence-corrected chi connectivity index (χ0v) is 17.6. The average molecular weight is 466 g/mol. The van der Waals surface area contributed by atoms with Crippen molar-refractivity contribution in [2.24, 2.45) is 0 Å². The van der Waals surface area contributed by atoms with Crippen LogP contribution in [0, 0.1) is 27.7 Å². The molecule has 32 heavy (non-hydrogen) atoms. The summed E-state index contributed by atoms with van der Waals surface area (Å²) >= 11 is 0. The fraction of sp³-hybridized carbons (Fsp3) is 0.200. The van der Waals surface area contributed by atoms with Gasteiger partial charge in [-0.05, 0) is 28.3 Å². The van der Waals surface area contributed by atoms with E-state index < -0.39 is 14.5 Å². The maximum atomic E-state index is 9.75. The molecule has 3 aromatic rings. The summed E-state index contributed by atoms with van der Waals surface area (Å²) < 4.78 is 89.1. The van der Waals surface area contributed by atoms with Crippen molar-refractivity contribution in [2.45, 2.75) is 27.7 Å². The Morgan fingerprint density at radius 3 is 0.969 bits per heavy atom. The van der Waals surface area contributed by atoms with Crippen molar-refractivity contribution in [1.29, 1.82) is 0 Å². The summed E-state index contributed by atoms with van der Waals surface area (Å²) in [5.74, 6) is 3.69. The molecule has 0 spiro atoms. The molecule has 0 amide bonds. The van der Waals surface area contributed by atoms with Crippen molar-refractivity contribution in [1.82, 2.24) is 0 Å². The average Bonchev–Trinajstić information content (AvgIpc) is 2.57. The molecule has 0 radical (unpaired) electrons. The lowest BCUT2D eigenvalue weighted by Gasteiger charge is -2.04. The summed E-state index contributed by atoms with van der Waals surface area (Å²) in [5.41, 5.74) is 4.74. The summed E-state index contributed by atoms with van der Waals surface area (Å²) in [4.78, 5) is 0. The Bertz CT molecular complexity index is 906. The Hall–Kier alpha value is -2.91. The van der Waals surface area contributed by atoms with Gasteiger partial charge in [0.2, 0.25) is 0 Å². The third-order valence-electron chi connectivity index (χ3n) is 3.61. The molecule has 2 aromatic heterocycles. The smallest absolute Gasteiger partial charge is 0.418 e. The van der Waals surface area contributed by atoms with Gasteiger partial charge in [0.05, 0.1) is 27.7 Å². The van der Waals surface area contributed by atoms with Gasteiger partial charge in [0.15, 0.2) is 0 Å². The quantitative estimate of drug-likeness (QED) is 0.215. The van der Waals surface area contributed by atoms with E-state index >= 15 is 0 Å². The van der Waals surface area contributed by atoms with Crippen LogP contribution in [-0.4, -0.2) is 14.5 Å². The first-order valence-electron chi connectivity index (χ1n) is 9.19. The molecule has 0 aliphatic rings. The predicted molar refractivity (Wildman–Crippen MR) is 110 cm³/mol. The van der Waals surface area contributed by atoms with E-state index in [-0.39, 0.29) is 0 Å². The lowest BCUT2D eigenvalue weighted by atomic mass is 9.99. The minimum absolute atomic E-state index is 0.922. The zero-order valence-electron chi connectivity index (χ0n) is 17.6. The number of aryl methyl sites for hydroxylation is 4. The van der Waals surface area contributed by atoms with Crippen LogP contribution in [0.3, 0.4) is 0 Å². The SMILES string of the molecule is Cc1cc(-c2cccc(-c3cc(C)[o+]c(C)c3)c2)cc(C)[o+]1.F[B-](F)(F)F.F[B-](F)(F)F. The van der Waals surface area contributed by atoms with Crippen molar-refractivity contribution < 1.29 is 43.4 Å². The van der Waals surface area contributed by atoms with Gasteiger partial charge >= 0.3 is 37.5 Å². The third kappa shape index (κ3) is 12.1. The van der Waals surface area contributed by atoms with E-state index in [1.54, 1.807) is 0 Å². The first kappa shape index (κ1) is 27.1. The van der Waals surface area contributed by atoms with Crippen LogP contribution in [0.4, 0.5) is 34.5 Å². The van der Waals surface area contributed by atoms with Gasteiger partial charge in [-0.15, -0.1) is 0 Å². The van der Waals surface area contributed by atoms with Crippen LogP contribution < -0.4 is 0 Å². The molecule has 0 saturated carbocycles. The Morgan fingerprint density at radius 1 is 0.469 bits per heavy atom. The third-order valence-corrected chi connectivity index (χ3v) is 3.61. The summed E-state index contributed by atoms with van der Waals surface area (Å²) in [5, 5.41) is 0. The molecular weight excluding hydrogens is 446 g/mol. The van der Waals surface area contributed by atoms with Crippen LogP contribution in [0.5, 0.6) is 0 Å². The van der Waals surface area contributed by atoms with Gasteiger partial charge in [0.1, 0.15) is 0 Å². The molecule has 174 valence electrons. The van der Waals surface area contributed by atoms with E-state index in [1.165, 1.54) is 22.3 Å². The summed E-state index contributed by atoms with van der Waals surface area (Å²) in [6.07, 6.45) is 0. The fourth-order valence-corrected chi connectivity index (χ4v) is 2.80. The molecule has 0 aliphatic heterocycles. The highest BCUT2D eigenvalue weighted by atomic mass is 19.5. The predicted octanol–water partition coefficient (Wildman–Crippen LogP) is 8.60. The van der Waals surface area contributed by atoms with Crippen LogP contribution in [0.15, 0.2) is 57.4 Å². The second-order valence-electron chi connectivity index (χ2n) is 6.71. The Labute approximate surface area is 180 Å². The molecule has 0 N–H and O–H groups in total. The van der Waals surface area contributed by atoms with Crippen LogP contribution in [-0.2, 0) is 0 Å². The van der Waals surface area contributed by atoms with Crippen LogP contribution in [0.1, 0.15) is 23.0 Å². The summed E-state index contributed by atoms with van der Waals surface area (Å²) in [7, 11) is -12.0. The van der Waals surface area contributed by atoms with Crippen LogP contribution >= 0.6 is 0 Å². The minimum Gasteiger partial charge on any atom is -0.418 e. The van der Waals surface area contributed by atoms with Gasteiger partial charge in [-0.25, -0.2) is 8.83 Å². The van der Waals surface area contributed by atoms with Gasteiger partial charge in [0.25, 0.3) is 0 Å². The zero-order chi connectivity index (χ0) is 24.7. The Balaban J connectivity index is 0.000000431. The van der Waals surface area contributed by atoms with Gasteiger partial charge in [-0.3, -0.25) is 0 Å². The maximum Gasteiger partial charge on any atom is 0.673 e. The van der Waals surface area contributed by atoms with E-state index in [2.05, 4.69) is 48.5 Å². The van der Waals surface area contributed by atoms with Gasteiger partial charge < -0.3 is 34.5 Å². The highest BCUT2D eigenvalue weighted by Gasteiger charge is 2.21. The molecule has 1 aromatic carbocycles. The number of hydrogen-bond acceptors (Lipinski definition) is 0. The van der Waals surface area contributed by atoms with Crippen LogP contribution in [0.2, 0.25) is 0 Å². The van der Waals surface area contributed by atoms with E-state index in [1.807, 2.05) is 27.7 Å². The highest BCUT2D eigenvalue weighted by Crippen LogP contribution is 2.28. The molecule has 0 fully saturated rings. The highest BCUT2D eigenvalue weighted by molar-refractivity contribution is 6.50.